The Balaban J connectivity index is 1.85. The smallest absolute Gasteiger partial charge is 0.258 e. The lowest BCUT2D eigenvalue weighted by Gasteiger charge is -2.12. The molecule has 0 spiro atoms. The average Bonchev–Trinajstić information content (AvgIpc) is 2.65. The molecule has 0 aliphatic carbocycles. The van der Waals surface area contributed by atoms with Crippen molar-refractivity contribution in [1.82, 2.24) is 0 Å². The number of para-hydroxylation sites is 2. The minimum absolute atomic E-state index is 0.185. The lowest BCUT2D eigenvalue weighted by molar-refractivity contribution is 0.102. The highest BCUT2D eigenvalue weighted by atomic mass is 19.1. The van der Waals surface area contributed by atoms with Gasteiger partial charge in [-0.15, -0.1) is 0 Å². The number of carbonyl (C=O) groups excluding carboxylic acids is 2. The number of amides is 2. The van der Waals surface area contributed by atoms with Gasteiger partial charge in [-0.1, -0.05) is 42.5 Å². The van der Waals surface area contributed by atoms with E-state index in [4.69, 9.17) is 0 Å². The molecule has 2 N–H and O–H groups in total. The standard InChI is InChI=1S/C22H19FN2O2/c1-14-8-3-5-12-18(14)24-21(26)16-10-7-11-17(20(16)23)22(27)25-19-13-6-4-9-15(19)2/h3-13H,1-2H3,(H,24,26)(H,25,27). The van der Waals surface area contributed by atoms with Crippen LogP contribution >= 0.6 is 0 Å². The molecule has 136 valence electrons. The van der Waals surface area contributed by atoms with Crippen LogP contribution in [0.4, 0.5) is 15.8 Å². The van der Waals surface area contributed by atoms with E-state index >= 15 is 0 Å². The molecule has 3 aromatic rings. The molecule has 0 fully saturated rings. The first kappa shape index (κ1) is 18.3. The lowest BCUT2D eigenvalue weighted by Crippen LogP contribution is -2.19. The molecule has 0 radical (unpaired) electrons. The monoisotopic (exact) mass is 362 g/mol. The summed E-state index contributed by atoms with van der Waals surface area (Å²) < 4.78 is 14.9. The summed E-state index contributed by atoms with van der Waals surface area (Å²) in [6.07, 6.45) is 0. The van der Waals surface area contributed by atoms with Crippen molar-refractivity contribution in [3.8, 4) is 0 Å². The highest BCUT2D eigenvalue weighted by molar-refractivity contribution is 6.09. The fourth-order valence-electron chi connectivity index (χ4n) is 2.69. The Kier molecular flexibility index (Phi) is 5.31. The Bertz CT molecular complexity index is 937. The maximum atomic E-state index is 14.9. The second-order valence-corrected chi connectivity index (χ2v) is 6.21. The molecule has 5 heteroatoms. The number of halogens is 1. The van der Waals surface area contributed by atoms with E-state index in [1.54, 1.807) is 24.3 Å². The van der Waals surface area contributed by atoms with Crippen molar-refractivity contribution in [3.05, 3.63) is 94.8 Å². The minimum atomic E-state index is -0.852. The second-order valence-electron chi connectivity index (χ2n) is 6.21. The van der Waals surface area contributed by atoms with Gasteiger partial charge in [0.05, 0.1) is 11.1 Å². The van der Waals surface area contributed by atoms with Crippen LogP contribution in [0.5, 0.6) is 0 Å². The van der Waals surface area contributed by atoms with Gasteiger partial charge in [-0.2, -0.15) is 0 Å². The fourth-order valence-corrected chi connectivity index (χ4v) is 2.69. The number of anilines is 2. The Morgan fingerprint density at radius 2 is 1.07 bits per heavy atom. The number of hydrogen-bond donors (Lipinski definition) is 2. The van der Waals surface area contributed by atoms with Crippen molar-refractivity contribution < 1.29 is 14.0 Å². The predicted molar refractivity (Wildman–Crippen MR) is 105 cm³/mol. The molecule has 0 unspecified atom stereocenters. The minimum Gasteiger partial charge on any atom is -0.322 e. The molecular weight excluding hydrogens is 343 g/mol. The van der Waals surface area contributed by atoms with Gasteiger partial charge in [0.15, 0.2) is 0 Å². The summed E-state index contributed by atoms with van der Waals surface area (Å²) in [7, 11) is 0. The molecule has 0 saturated carbocycles. The van der Waals surface area contributed by atoms with Gasteiger partial charge in [-0.05, 0) is 49.2 Å². The van der Waals surface area contributed by atoms with Crippen LogP contribution in [0.1, 0.15) is 31.8 Å². The number of hydrogen-bond acceptors (Lipinski definition) is 2. The number of rotatable bonds is 4. The van der Waals surface area contributed by atoms with Gasteiger partial charge in [0.25, 0.3) is 11.8 Å². The van der Waals surface area contributed by atoms with Crippen LogP contribution in [0.2, 0.25) is 0 Å². The molecule has 3 rings (SSSR count). The van der Waals surface area contributed by atoms with E-state index in [9.17, 15) is 14.0 Å². The predicted octanol–water partition coefficient (Wildman–Crippen LogP) is 4.95. The first-order valence-electron chi connectivity index (χ1n) is 8.50. The molecule has 2 amide bonds. The summed E-state index contributed by atoms with van der Waals surface area (Å²) in [6, 6.07) is 18.6. The quantitative estimate of drug-likeness (QED) is 0.690. The molecule has 0 atom stereocenters. The molecule has 0 aliphatic heterocycles. The summed E-state index contributed by atoms with van der Waals surface area (Å²) in [5.74, 6) is -2.06. The first-order chi connectivity index (χ1) is 13.0. The van der Waals surface area contributed by atoms with Crippen LogP contribution in [0.3, 0.4) is 0 Å². The van der Waals surface area contributed by atoms with E-state index in [1.165, 1.54) is 18.2 Å². The van der Waals surface area contributed by atoms with Gasteiger partial charge in [0.1, 0.15) is 5.82 Å². The largest absolute Gasteiger partial charge is 0.322 e. The Morgan fingerprint density at radius 3 is 1.48 bits per heavy atom. The van der Waals surface area contributed by atoms with Gasteiger partial charge >= 0.3 is 0 Å². The van der Waals surface area contributed by atoms with Crippen LogP contribution in [0.15, 0.2) is 66.7 Å². The third-order valence-electron chi connectivity index (χ3n) is 4.27. The fraction of sp³-hybridized carbons (Fsp3) is 0.0909. The van der Waals surface area contributed by atoms with E-state index in [-0.39, 0.29) is 11.1 Å². The zero-order valence-corrected chi connectivity index (χ0v) is 15.0. The SMILES string of the molecule is Cc1ccccc1NC(=O)c1cccc(C(=O)Nc2ccccc2C)c1F. The van der Waals surface area contributed by atoms with E-state index in [0.717, 1.165) is 11.1 Å². The van der Waals surface area contributed by atoms with Crippen molar-refractivity contribution in [3.63, 3.8) is 0 Å². The molecule has 0 bridgehead atoms. The van der Waals surface area contributed by atoms with Gasteiger partial charge in [0, 0.05) is 11.4 Å². The Morgan fingerprint density at radius 1 is 0.667 bits per heavy atom. The summed E-state index contributed by atoms with van der Waals surface area (Å²) in [4.78, 5) is 25.0. The zero-order chi connectivity index (χ0) is 19.4. The third-order valence-corrected chi connectivity index (χ3v) is 4.27. The van der Waals surface area contributed by atoms with E-state index in [2.05, 4.69) is 10.6 Å². The number of aryl methyl sites for hydroxylation is 2. The normalized spacial score (nSPS) is 10.3. The Labute approximate surface area is 157 Å². The van der Waals surface area contributed by atoms with Crippen molar-refractivity contribution in [2.45, 2.75) is 13.8 Å². The molecule has 3 aromatic carbocycles. The van der Waals surface area contributed by atoms with Crippen LogP contribution in [0.25, 0.3) is 0 Å². The molecule has 4 nitrogen and oxygen atoms in total. The summed E-state index contributed by atoms with van der Waals surface area (Å²) >= 11 is 0. The molecular formula is C22H19FN2O2. The summed E-state index contributed by atoms with van der Waals surface area (Å²) in [6.45, 7) is 3.69. The second kappa shape index (κ2) is 7.83. The van der Waals surface area contributed by atoms with Crippen LogP contribution in [-0.4, -0.2) is 11.8 Å². The highest BCUT2D eigenvalue weighted by Gasteiger charge is 2.20. The van der Waals surface area contributed by atoms with Crippen molar-refractivity contribution in [2.75, 3.05) is 10.6 Å². The van der Waals surface area contributed by atoms with Crippen molar-refractivity contribution in [1.29, 1.82) is 0 Å². The average molecular weight is 362 g/mol. The lowest BCUT2D eigenvalue weighted by atomic mass is 10.1. The third kappa shape index (κ3) is 4.03. The van der Waals surface area contributed by atoms with Crippen molar-refractivity contribution in [2.24, 2.45) is 0 Å². The Hall–Kier alpha value is -3.47. The number of carbonyl (C=O) groups is 2. The van der Waals surface area contributed by atoms with E-state index in [0.29, 0.717) is 11.4 Å². The summed E-state index contributed by atoms with van der Waals surface area (Å²) in [5, 5.41) is 5.36. The van der Waals surface area contributed by atoms with Crippen LogP contribution in [0, 0.1) is 19.7 Å². The number of benzene rings is 3. The topological polar surface area (TPSA) is 58.2 Å². The van der Waals surface area contributed by atoms with Crippen LogP contribution < -0.4 is 10.6 Å². The van der Waals surface area contributed by atoms with Gasteiger partial charge < -0.3 is 10.6 Å². The van der Waals surface area contributed by atoms with Crippen LogP contribution in [-0.2, 0) is 0 Å². The highest BCUT2D eigenvalue weighted by Crippen LogP contribution is 2.20. The molecule has 27 heavy (non-hydrogen) atoms. The maximum absolute atomic E-state index is 14.9. The molecule has 0 aromatic heterocycles. The molecule has 0 saturated heterocycles. The van der Waals surface area contributed by atoms with Crippen molar-refractivity contribution >= 4 is 23.2 Å². The van der Waals surface area contributed by atoms with Gasteiger partial charge in [-0.3, -0.25) is 9.59 Å². The number of nitrogens with one attached hydrogen (secondary N) is 2. The van der Waals surface area contributed by atoms with E-state index < -0.39 is 17.6 Å². The van der Waals surface area contributed by atoms with Gasteiger partial charge in [0.2, 0.25) is 0 Å². The van der Waals surface area contributed by atoms with Gasteiger partial charge in [-0.25, -0.2) is 4.39 Å². The molecule has 0 heterocycles. The first-order valence-corrected chi connectivity index (χ1v) is 8.50. The molecule has 0 aliphatic rings. The maximum Gasteiger partial charge on any atom is 0.258 e. The zero-order valence-electron chi connectivity index (χ0n) is 15.0. The van der Waals surface area contributed by atoms with E-state index in [1.807, 2.05) is 38.1 Å². The summed E-state index contributed by atoms with van der Waals surface area (Å²) in [5.41, 5.74) is 2.54.